The first-order valence-corrected chi connectivity index (χ1v) is 9.33. The molecule has 1 aliphatic carbocycles. The van der Waals surface area contributed by atoms with Gasteiger partial charge in [-0.3, -0.25) is 4.79 Å². The van der Waals surface area contributed by atoms with E-state index in [4.69, 9.17) is 0 Å². The molecule has 122 valence electrons. The molecule has 2 aromatic rings. The molecule has 0 spiro atoms. The van der Waals surface area contributed by atoms with E-state index >= 15 is 0 Å². The first-order chi connectivity index (χ1) is 11.2. The highest BCUT2D eigenvalue weighted by Gasteiger charge is 2.21. The molecule has 0 unspecified atom stereocenters. The Balaban J connectivity index is 1.43. The molecule has 1 amide bonds. The maximum atomic E-state index is 12.4. The van der Waals surface area contributed by atoms with Crippen molar-refractivity contribution in [2.75, 3.05) is 0 Å². The molecule has 0 radical (unpaired) electrons. The minimum atomic E-state index is 0.0187. The van der Waals surface area contributed by atoms with E-state index in [2.05, 4.69) is 33.1 Å². The summed E-state index contributed by atoms with van der Waals surface area (Å²) < 4.78 is 2.16. The van der Waals surface area contributed by atoms with Crippen molar-refractivity contribution in [1.29, 1.82) is 0 Å². The van der Waals surface area contributed by atoms with Crippen molar-refractivity contribution >= 4 is 17.2 Å². The molecule has 5 nitrogen and oxygen atoms in total. The zero-order valence-corrected chi connectivity index (χ0v) is 14.3. The van der Waals surface area contributed by atoms with Crippen molar-refractivity contribution < 1.29 is 4.79 Å². The number of carbonyl (C=O) groups excluding carboxylic acids is 1. The predicted molar refractivity (Wildman–Crippen MR) is 89.6 cm³/mol. The number of nitrogens with one attached hydrogen (secondary N) is 1. The van der Waals surface area contributed by atoms with Crippen molar-refractivity contribution in [1.82, 2.24) is 20.1 Å². The van der Waals surface area contributed by atoms with Crippen LogP contribution in [0.15, 0.2) is 6.07 Å². The highest BCUT2D eigenvalue weighted by molar-refractivity contribution is 7.14. The van der Waals surface area contributed by atoms with Gasteiger partial charge in [-0.15, -0.1) is 21.5 Å². The number of aromatic nitrogens is 3. The molecule has 2 aromatic heterocycles. The molecule has 1 N–H and O–H groups in total. The van der Waals surface area contributed by atoms with Gasteiger partial charge in [0.25, 0.3) is 5.91 Å². The molecule has 0 fully saturated rings. The predicted octanol–water partition coefficient (Wildman–Crippen LogP) is 2.73. The van der Waals surface area contributed by atoms with E-state index in [-0.39, 0.29) is 5.91 Å². The standard InChI is InChI=1S/C17H22N4OS/c1-11-5-6-13-12(8-11)9-14(23-13)17(22)18-10-16-20-19-15-4-2-3-7-21(15)16/h9,11H,2-8,10H2,1H3,(H,18,22)/t11-/m1/s1. The zero-order valence-electron chi connectivity index (χ0n) is 13.5. The minimum absolute atomic E-state index is 0.0187. The molecule has 4 rings (SSSR count). The van der Waals surface area contributed by atoms with Crippen LogP contribution in [0.4, 0.5) is 0 Å². The summed E-state index contributed by atoms with van der Waals surface area (Å²) in [5, 5.41) is 11.5. The summed E-state index contributed by atoms with van der Waals surface area (Å²) in [5.74, 6) is 2.69. The second-order valence-corrected chi connectivity index (χ2v) is 7.87. The van der Waals surface area contributed by atoms with E-state index < -0.39 is 0 Å². The fraction of sp³-hybridized carbons (Fsp3) is 0.588. The number of hydrogen-bond acceptors (Lipinski definition) is 4. The van der Waals surface area contributed by atoms with Crippen LogP contribution in [-0.4, -0.2) is 20.7 Å². The Morgan fingerprint density at radius 3 is 3.22 bits per heavy atom. The lowest BCUT2D eigenvalue weighted by Crippen LogP contribution is -2.25. The topological polar surface area (TPSA) is 59.8 Å². The van der Waals surface area contributed by atoms with Gasteiger partial charge >= 0.3 is 0 Å². The van der Waals surface area contributed by atoms with Crippen LogP contribution in [0, 0.1) is 5.92 Å². The average molecular weight is 330 g/mol. The number of thiophene rings is 1. The van der Waals surface area contributed by atoms with Gasteiger partial charge in [0.15, 0.2) is 5.82 Å². The van der Waals surface area contributed by atoms with Gasteiger partial charge in [0.2, 0.25) is 0 Å². The van der Waals surface area contributed by atoms with E-state index in [0.29, 0.717) is 6.54 Å². The number of hydrogen-bond donors (Lipinski definition) is 1. The molecule has 0 saturated heterocycles. The largest absolute Gasteiger partial charge is 0.344 e. The molecular formula is C17H22N4OS. The number of fused-ring (bicyclic) bond motifs is 2. The van der Waals surface area contributed by atoms with Gasteiger partial charge in [0.1, 0.15) is 5.82 Å². The smallest absolute Gasteiger partial charge is 0.261 e. The van der Waals surface area contributed by atoms with Gasteiger partial charge < -0.3 is 9.88 Å². The summed E-state index contributed by atoms with van der Waals surface area (Å²) in [5.41, 5.74) is 1.37. The lowest BCUT2D eigenvalue weighted by atomic mass is 9.90. The highest BCUT2D eigenvalue weighted by Crippen LogP contribution is 2.32. The monoisotopic (exact) mass is 330 g/mol. The van der Waals surface area contributed by atoms with Gasteiger partial charge in [0, 0.05) is 17.8 Å². The van der Waals surface area contributed by atoms with Crippen LogP contribution in [0.2, 0.25) is 0 Å². The maximum Gasteiger partial charge on any atom is 0.261 e. The van der Waals surface area contributed by atoms with Gasteiger partial charge in [-0.05, 0) is 49.7 Å². The third kappa shape index (κ3) is 2.92. The second kappa shape index (κ2) is 6.07. The molecule has 6 heteroatoms. The molecule has 3 heterocycles. The summed E-state index contributed by atoms with van der Waals surface area (Å²) in [6.07, 6.45) is 6.81. The third-order valence-electron chi connectivity index (χ3n) is 4.90. The van der Waals surface area contributed by atoms with Crippen LogP contribution in [0.5, 0.6) is 0 Å². The van der Waals surface area contributed by atoms with Crippen molar-refractivity contribution in [3.05, 3.63) is 33.0 Å². The van der Waals surface area contributed by atoms with Crippen LogP contribution in [0.25, 0.3) is 0 Å². The molecule has 0 bridgehead atoms. The normalized spacial score (nSPS) is 20.0. The van der Waals surface area contributed by atoms with Crippen LogP contribution < -0.4 is 5.32 Å². The van der Waals surface area contributed by atoms with Gasteiger partial charge in [-0.25, -0.2) is 0 Å². The van der Waals surface area contributed by atoms with Gasteiger partial charge in [0.05, 0.1) is 11.4 Å². The summed E-state index contributed by atoms with van der Waals surface area (Å²) in [4.78, 5) is 14.7. The van der Waals surface area contributed by atoms with Crippen LogP contribution >= 0.6 is 11.3 Å². The summed E-state index contributed by atoms with van der Waals surface area (Å²) in [6, 6.07) is 2.09. The molecule has 1 aliphatic heterocycles. The van der Waals surface area contributed by atoms with Crippen molar-refractivity contribution in [2.24, 2.45) is 5.92 Å². The maximum absolute atomic E-state index is 12.4. The first kappa shape index (κ1) is 14.9. The SMILES string of the molecule is C[C@@H]1CCc2sc(C(=O)NCc3nnc4n3CCCC4)cc2C1. The Kier molecular flexibility index (Phi) is 3.93. The minimum Gasteiger partial charge on any atom is -0.344 e. The average Bonchev–Trinajstić information content (AvgIpc) is 3.16. The third-order valence-corrected chi connectivity index (χ3v) is 6.13. The Bertz CT molecular complexity index is 733. The molecule has 23 heavy (non-hydrogen) atoms. The van der Waals surface area contributed by atoms with Crippen molar-refractivity contribution in [2.45, 2.75) is 58.5 Å². The van der Waals surface area contributed by atoms with Crippen LogP contribution in [0.1, 0.15) is 57.9 Å². The van der Waals surface area contributed by atoms with E-state index in [9.17, 15) is 4.79 Å². The Labute approximate surface area is 140 Å². The van der Waals surface area contributed by atoms with E-state index in [0.717, 1.165) is 48.3 Å². The Morgan fingerprint density at radius 2 is 2.30 bits per heavy atom. The Hall–Kier alpha value is -1.69. The fourth-order valence-corrected chi connectivity index (χ4v) is 4.69. The van der Waals surface area contributed by atoms with E-state index in [1.54, 1.807) is 11.3 Å². The summed E-state index contributed by atoms with van der Waals surface area (Å²) in [6.45, 7) is 3.72. The number of nitrogens with zero attached hydrogens (tertiary/aromatic N) is 3. The molecule has 2 aliphatic rings. The van der Waals surface area contributed by atoms with Gasteiger partial charge in [-0.2, -0.15) is 0 Å². The number of carbonyl (C=O) groups is 1. The number of aryl methyl sites for hydroxylation is 2. The summed E-state index contributed by atoms with van der Waals surface area (Å²) in [7, 11) is 0. The van der Waals surface area contributed by atoms with E-state index in [1.165, 1.54) is 29.7 Å². The Morgan fingerprint density at radius 1 is 1.39 bits per heavy atom. The lowest BCUT2D eigenvalue weighted by Gasteiger charge is -2.16. The van der Waals surface area contributed by atoms with Crippen LogP contribution in [-0.2, 0) is 32.4 Å². The fourth-order valence-electron chi connectivity index (χ4n) is 3.56. The van der Waals surface area contributed by atoms with Gasteiger partial charge in [-0.1, -0.05) is 6.92 Å². The number of rotatable bonds is 3. The number of amides is 1. The molecule has 0 aromatic carbocycles. The first-order valence-electron chi connectivity index (χ1n) is 8.51. The highest BCUT2D eigenvalue weighted by atomic mass is 32.1. The second-order valence-electron chi connectivity index (χ2n) is 6.73. The van der Waals surface area contributed by atoms with E-state index in [1.807, 2.05) is 0 Å². The molecular weight excluding hydrogens is 308 g/mol. The quantitative estimate of drug-likeness (QED) is 0.941. The van der Waals surface area contributed by atoms with Crippen molar-refractivity contribution in [3.63, 3.8) is 0 Å². The van der Waals surface area contributed by atoms with Crippen molar-refractivity contribution in [3.8, 4) is 0 Å². The summed E-state index contributed by atoms with van der Waals surface area (Å²) >= 11 is 1.66. The molecule has 0 saturated carbocycles. The molecule has 1 atom stereocenters. The van der Waals surface area contributed by atoms with Crippen LogP contribution in [0.3, 0.4) is 0 Å². The zero-order chi connectivity index (χ0) is 15.8. The lowest BCUT2D eigenvalue weighted by molar-refractivity contribution is 0.0953.